The van der Waals surface area contributed by atoms with Crippen molar-refractivity contribution in [3.05, 3.63) is 41.7 Å². The summed E-state index contributed by atoms with van der Waals surface area (Å²) in [6.07, 6.45) is 23.6. The number of aromatic amines is 1. The van der Waals surface area contributed by atoms with Crippen molar-refractivity contribution in [3.63, 3.8) is 0 Å². The summed E-state index contributed by atoms with van der Waals surface area (Å²) in [6.45, 7) is 8.97. The van der Waals surface area contributed by atoms with Crippen LogP contribution in [-0.4, -0.2) is 23.5 Å². The van der Waals surface area contributed by atoms with E-state index >= 15 is 0 Å². The first kappa shape index (κ1) is 31.1. The number of unbranched alkanes of at least 4 members (excludes halogenated alkanes) is 15. The highest BCUT2D eigenvalue weighted by Gasteiger charge is 2.04. The van der Waals surface area contributed by atoms with Gasteiger partial charge in [-0.1, -0.05) is 103 Å². The number of aryl methyl sites for hydroxylation is 1. The number of rotatable bonds is 20. The number of ether oxygens (including phenoxy) is 1. The summed E-state index contributed by atoms with van der Waals surface area (Å²) in [4.78, 5) is 15.8. The molecule has 0 aromatic carbocycles. The maximum absolute atomic E-state index is 12.6. The van der Waals surface area contributed by atoms with Crippen LogP contribution in [-0.2, 0) is 0 Å². The first-order valence-electron chi connectivity index (χ1n) is 14.5. The van der Waals surface area contributed by atoms with Gasteiger partial charge in [-0.25, -0.2) is 0 Å². The van der Waals surface area contributed by atoms with Crippen LogP contribution < -0.4 is 10.1 Å². The molecule has 0 aliphatic heterocycles. The number of carbonyl (C=O) groups excluding carboxylic acids is 1. The van der Waals surface area contributed by atoms with Crippen LogP contribution in [0.2, 0.25) is 0 Å². The van der Waals surface area contributed by atoms with E-state index in [0.29, 0.717) is 5.56 Å². The molecular weight excluding hydrogens is 432 g/mol. The summed E-state index contributed by atoms with van der Waals surface area (Å²) >= 11 is 0. The third-order valence-corrected chi connectivity index (χ3v) is 6.33. The topological polar surface area (TPSA) is 54.1 Å². The molecular formula is C31H54N2O2. The molecule has 1 aromatic heterocycles. The first-order valence-corrected chi connectivity index (χ1v) is 14.5. The van der Waals surface area contributed by atoms with Crippen molar-refractivity contribution in [1.29, 1.82) is 0 Å². The van der Waals surface area contributed by atoms with Crippen molar-refractivity contribution in [2.45, 2.75) is 137 Å². The number of amides is 1. The molecule has 0 unspecified atom stereocenters. The third-order valence-electron chi connectivity index (χ3n) is 6.33. The van der Waals surface area contributed by atoms with Gasteiger partial charge in [-0.2, -0.15) is 0 Å². The van der Waals surface area contributed by atoms with Crippen LogP contribution in [0.5, 0.6) is 5.75 Å². The normalized spacial score (nSPS) is 10.9. The van der Waals surface area contributed by atoms with E-state index in [0.717, 1.165) is 24.4 Å². The predicted octanol–water partition coefficient (Wildman–Crippen LogP) is 9.23. The van der Waals surface area contributed by atoms with Gasteiger partial charge in [-0.05, 0) is 51.5 Å². The molecule has 0 spiro atoms. The highest BCUT2D eigenvalue weighted by atomic mass is 16.5. The number of hydrogen-bond acceptors (Lipinski definition) is 2. The second-order valence-electron chi connectivity index (χ2n) is 10.2. The number of hydrogen-bond donors (Lipinski definition) is 2. The van der Waals surface area contributed by atoms with Crippen molar-refractivity contribution >= 4 is 5.91 Å². The number of H-pyrrole nitrogens is 1. The first-order chi connectivity index (χ1) is 17.0. The highest BCUT2D eigenvalue weighted by Crippen LogP contribution is 2.14. The summed E-state index contributed by atoms with van der Waals surface area (Å²) in [5, 5.41) is 3.06. The van der Waals surface area contributed by atoms with E-state index in [4.69, 9.17) is 4.74 Å². The van der Waals surface area contributed by atoms with E-state index in [1.165, 1.54) is 96.3 Å². The van der Waals surface area contributed by atoms with Crippen LogP contribution >= 0.6 is 0 Å². The van der Waals surface area contributed by atoms with Gasteiger partial charge in [0.2, 0.25) is 0 Å². The summed E-state index contributed by atoms with van der Waals surface area (Å²) in [7, 11) is 0. The maximum atomic E-state index is 12.6. The van der Waals surface area contributed by atoms with Gasteiger partial charge in [0.1, 0.15) is 5.75 Å². The quantitative estimate of drug-likeness (QED) is 0.180. The molecule has 0 atom stereocenters. The lowest BCUT2D eigenvalue weighted by Crippen LogP contribution is -2.24. The second kappa shape index (κ2) is 21.3. The Balaban J connectivity index is 2.10. The van der Waals surface area contributed by atoms with Gasteiger partial charge in [-0.15, -0.1) is 0 Å². The van der Waals surface area contributed by atoms with Crippen molar-refractivity contribution in [2.24, 2.45) is 0 Å². The van der Waals surface area contributed by atoms with Crippen LogP contribution in [0, 0.1) is 6.92 Å². The fourth-order valence-corrected chi connectivity index (χ4v) is 4.19. The number of carbonyl (C=O) groups is 1. The average Bonchev–Trinajstić information content (AvgIpc) is 2.91. The summed E-state index contributed by atoms with van der Waals surface area (Å²) in [5.74, 6) is 0.702. The van der Waals surface area contributed by atoms with E-state index in [2.05, 4.69) is 17.2 Å². The van der Waals surface area contributed by atoms with E-state index in [9.17, 15) is 4.79 Å². The van der Waals surface area contributed by atoms with Crippen molar-refractivity contribution in [1.82, 2.24) is 10.3 Å². The van der Waals surface area contributed by atoms with Gasteiger partial charge in [0, 0.05) is 18.4 Å². The molecule has 4 nitrogen and oxygen atoms in total. The van der Waals surface area contributed by atoms with Crippen molar-refractivity contribution in [3.8, 4) is 5.75 Å². The van der Waals surface area contributed by atoms with Crippen LogP contribution in [0.15, 0.2) is 30.5 Å². The average molecular weight is 487 g/mol. The Labute approximate surface area is 216 Å². The smallest absolute Gasteiger partial charge is 0.252 e. The van der Waals surface area contributed by atoms with Crippen molar-refractivity contribution < 1.29 is 9.53 Å². The SMILES string of the molecule is CCCCCCCCCCCCCCCCCCNC(=O)c1ccc(OC(C)C)ccc(C)[nH]c1. The fraction of sp³-hybridized carbons (Fsp3) is 0.710. The molecule has 1 rings (SSSR count). The highest BCUT2D eigenvalue weighted by molar-refractivity contribution is 5.93. The maximum Gasteiger partial charge on any atom is 0.252 e. The van der Waals surface area contributed by atoms with E-state index in [-0.39, 0.29) is 12.0 Å². The molecule has 0 radical (unpaired) electrons. The Morgan fingerprint density at radius 3 is 1.77 bits per heavy atom. The van der Waals surface area contributed by atoms with E-state index in [1.807, 2.05) is 45.0 Å². The minimum absolute atomic E-state index is 0.0479. The zero-order valence-electron chi connectivity index (χ0n) is 23.3. The molecule has 200 valence electrons. The van der Waals surface area contributed by atoms with Crippen molar-refractivity contribution in [2.75, 3.05) is 6.54 Å². The minimum atomic E-state index is -0.0479. The Morgan fingerprint density at radius 1 is 0.771 bits per heavy atom. The molecule has 2 N–H and O–H groups in total. The van der Waals surface area contributed by atoms with Gasteiger partial charge in [0.15, 0.2) is 0 Å². The Hall–Kier alpha value is -1.97. The van der Waals surface area contributed by atoms with E-state index < -0.39 is 0 Å². The molecule has 4 heteroatoms. The van der Waals surface area contributed by atoms with Gasteiger partial charge in [-0.3, -0.25) is 4.79 Å². The second-order valence-corrected chi connectivity index (χ2v) is 10.2. The van der Waals surface area contributed by atoms with Crippen LogP contribution in [0.25, 0.3) is 0 Å². The molecule has 0 aliphatic rings. The molecule has 0 fully saturated rings. The Bertz CT molecular complexity index is 710. The van der Waals surface area contributed by atoms with Crippen LogP contribution in [0.3, 0.4) is 0 Å². The van der Waals surface area contributed by atoms with Gasteiger partial charge in [0.25, 0.3) is 5.91 Å². The number of nitrogens with one attached hydrogen (secondary N) is 2. The summed E-state index contributed by atoms with van der Waals surface area (Å²) < 4.78 is 5.80. The largest absolute Gasteiger partial charge is 0.491 e. The molecule has 1 aromatic rings. The lowest BCUT2D eigenvalue weighted by atomic mass is 10.0. The molecule has 0 saturated carbocycles. The molecule has 1 amide bonds. The summed E-state index contributed by atoms with van der Waals surface area (Å²) in [6, 6.07) is 7.55. The Kier molecular flexibility index (Phi) is 18.9. The molecule has 35 heavy (non-hydrogen) atoms. The third kappa shape index (κ3) is 18.0. The lowest BCUT2D eigenvalue weighted by Gasteiger charge is -2.07. The van der Waals surface area contributed by atoms with Crippen LogP contribution in [0.4, 0.5) is 0 Å². The fourth-order valence-electron chi connectivity index (χ4n) is 4.19. The molecule has 1 heterocycles. The number of aromatic nitrogens is 1. The minimum Gasteiger partial charge on any atom is -0.491 e. The molecule has 0 bridgehead atoms. The zero-order chi connectivity index (χ0) is 25.6. The molecule has 0 saturated heterocycles. The summed E-state index contributed by atoms with van der Waals surface area (Å²) in [5.41, 5.74) is 1.57. The van der Waals surface area contributed by atoms with Crippen LogP contribution in [0.1, 0.15) is 140 Å². The monoisotopic (exact) mass is 486 g/mol. The standard InChI is InChI=1S/C31H54N2O2/c1-5-6-7-8-9-10-11-12-13-14-15-16-17-18-19-20-25-32-31(34)29-22-24-30(35-27(2)3)23-21-28(4)33-26-29/h21-24,26-27,33H,5-20,25H2,1-4H3,(H,32,34). The molecule has 0 aliphatic carbocycles. The Morgan fingerprint density at radius 2 is 1.26 bits per heavy atom. The predicted molar refractivity (Wildman–Crippen MR) is 151 cm³/mol. The van der Waals surface area contributed by atoms with Gasteiger partial charge in [0.05, 0.1) is 11.7 Å². The zero-order valence-corrected chi connectivity index (χ0v) is 23.3. The van der Waals surface area contributed by atoms with E-state index in [1.54, 1.807) is 6.20 Å². The van der Waals surface area contributed by atoms with Gasteiger partial charge < -0.3 is 15.0 Å². The lowest BCUT2D eigenvalue weighted by molar-refractivity contribution is 0.0952. The van der Waals surface area contributed by atoms with Gasteiger partial charge >= 0.3 is 0 Å².